The van der Waals surface area contributed by atoms with Gasteiger partial charge in [0.15, 0.2) is 0 Å². The van der Waals surface area contributed by atoms with Gasteiger partial charge in [0, 0.05) is 0 Å². The summed E-state index contributed by atoms with van der Waals surface area (Å²) in [7, 11) is 0. The zero-order chi connectivity index (χ0) is 9.31. The van der Waals surface area contributed by atoms with Crippen molar-refractivity contribution in [1.82, 2.24) is 0 Å². The first-order valence-electron chi connectivity index (χ1n) is 4.94. The molecule has 68 valence electrons. The van der Waals surface area contributed by atoms with E-state index in [4.69, 9.17) is 0 Å². The van der Waals surface area contributed by atoms with E-state index in [1.54, 1.807) is 0 Å². The fourth-order valence-corrected chi connectivity index (χ4v) is 2.17. The molecule has 2 atom stereocenters. The Kier molecular flexibility index (Phi) is 1.99. The van der Waals surface area contributed by atoms with E-state index in [0.29, 0.717) is 5.41 Å². The third-order valence-electron chi connectivity index (χ3n) is 3.30. The van der Waals surface area contributed by atoms with Crippen molar-refractivity contribution in [2.75, 3.05) is 0 Å². The summed E-state index contributed by atoms with van der Waals surface area (Å²) < 4.78 is 0. The molecule has 0 heteroatoms. The van der Waals surface area contributed by atoms with E-state index in [-0.39, 0.29) is 0 Å². The highest BCUT2D eigenvalue weighted by molar-refractivity contribution is 5.32. The van der Waals surface area contributed by atoms with Gasteiger partial charge in [0.25, 0.3) is 0 Å². The van der Waals surface area contributed by atoms with Gasteiger partial charge < -0.3 is 0 Å². The maximum Gasteiger partial charge on any atom is -0.00407 e. The summed E-state index contributed by atoms with van der Waals surface area (Å²) in [6, 6.07) is 10.8. The molecule has 1 aliphatic carbocycles. The van der Waals surface area contributed by atoms with Crippen LogP contribution in [0.1, 0.15) is 25.3 Å². The lowest BCUT2D eigenvalue weighted by atomic mass is 9.95. The van der Waals surface area contributed by atoms with Gasteiger partial charge in [-0.3, -0.25) is 0 Å². The molecule has 0 aromatic heterocycles. The fourth-order valence-electron chi connectivity index (χ4n) is 2.17. The first kappa shape index (κ1) is 8.55. The molecule has 0 aliphatic heterocycles. The Morgan fingerprint density at radius 3 is 2.77 bits per heavy atom. The molecule has 1 saturated carbocycles. The van der Waals surface area contributed by atoms with Crippen LogP contribution in [0.25, 0.3) is 0 Å². The van der Waals surface area contributed by atoms with E-state index in [9.17, 15) is 0 Å². The van der Waals surface area contributed by atoms with Gasteiger partial charge in [-0.25, -0.2) is 0 Å². The minimum Gasteiger partial charge on any atom is -0.103 e. The van der Waals surface area contributed by atoms with Crippen molar-refractivity contribution in [2.24, 2.45) is 5.92 Å². The summed E-state index contributed by atoms with van der Waals surface area (Å²) in [5, 5.41) is 0. The Labute approximate surface area is 80.3 Å². The Balaban J connectivity index is 2.16. The predicted molar refractivity (Wildman–Crippen MR) is 56.7 cm³/mol. The lowest BCUT2D eigenvalue weighted by molar-refractivity contribution is 0.666. The molecule has 0 unspecified atom stereocenters. The molecule has 0 spiro atoms. The molecule has 0 nitrogen and oxygen atoms in total. The molecule has 13 heavy (non-hydrogen) atoms. The van der Waals surface area contributed by atoms with Gasteiger partial charge >= 0.3 is 0 Å². The van der Waals surface area contributed by atoms with Crippen LogP contribution in [0.3, 0.4) is 0 Å². The average molecular weight is 172 g/mol. The molecule has 0 amide bonds. The summed E-state index contributed by atoms with van der Waals surface area (Å²) in [5.41, 5.74) is 1.93. The van der Waals surface area contributed by atoms with Gasteiger partial charge in [0.1, 0.15) is 0 Å². The van der Waals surface area contributed by atoms with E-state index < -0.39 is 0 Å². The number of benzene rings is 1. The van der Waals surface area contributed by atoms with Gasteiger partial charge in [0.05, 0.1) is 0 Å². The maximum absolute atomic E-state index is 3.80. The maximum atomic E-state index is 3.80. The van der Waals surface area contributed by atoms with Crippen LogP contribution in [0.4, 0.5) is 0 Å². The second kappa shape index (κ2) is 3.02. The molecule has 1 aliphatic rings. The fraction of sp³-hybridized carbons (Fsp3) is 0.385. The lowest BCUT2D eigenvalue weighted by Gasteiger charge is -2.10. The van der Waals surface area contributed by atoms with Gasteiger partial charge in [-0.15, -0.1) is 6.58 Å². The van der Waals surface area contributed by atoms with Gasteiger partial charge in [-0.05, 0) is 29.7 Å². The molecule has 0 saturated heterocycles. The van der Waals surface area contributed by atoms with E-state index in [0.717, 1.165) is 12.3 Å². The summed E-state index contributed by atoms with van der Waals surface area (Å²) in [5.74, 6) is 0.826. The zero-order valence-electron chi connectivity index (χ0n) is 8.16. The second-order valence-electron chi connectivity index (χ2n) is 4.21. The van der Waals surface area contributed by atoms with Gasteiger partial charge in [0.2, 0.25) is 0 Å². The predicted octanol–water partition coefficient (Wildman–Crippen LogP) is 3.54. The molecular weight excluding hydrogens is 156 g/mol. The van der Waals surface area contributed by atoms with Crippen molar-refractivity contribution in [3.05, 3.63) is 48.6 Å². The van der Waals surface area contributed by atoms with Crippen molar-refractivity contribution >= 4 is 0 Å². The number of rotatable bonds is 3. The number of allylic oxidation sites excluding steroid dienone is 1. The van der Waals surface area contributed by atoms with E-state index in [2.05, 4.69) is 43.8 Å². The smallest absolute Gasteiger partial charge is 0.00407 e. The van der Waals surface area contributed by atoms with Crippen molar-refractivity contribution in [3.8, 4) is 0 Å². The van der Waals surface area contributed by atoms with Crippen LogP contribution in [-0.2, 0) is 5.41 Å². The number of hydrogen-bond donors (Lipinski definition) is 0. The molecule has 0 heterocycles. The highest BCUT2D eigenvalue weighted by Gasteiger charge is 2.49. The molecule has 2 rings (SSSR count). The first-order chi connectivity index (χ1) is 6.27. The summed E-state index contributed by atoms with van der Waals surface area (Å²) in [4.78, 5) is 0. The summed E-state index contributed by atoms with van der Waals surface area (Å²) in [6.45, 7) is 6.16. The summed E-state index contributed by atoms with van der Waals surface area (Å²) >= 11 is 0. The Morgan fingerprint density at radius 2 is 2.15 bits per heavy atom. The van der Waals surface area contributed by atoms with Crippen LogP contribution in [0, 0.1) is 5.92 Å². The monoisotopic (exact) mass is 172 g/mol. The molecule has 1 aromatic rings. The van der Waals surface area contributed by atoms with Crippen molar-refractivity contribution in [1.29, 1.82) is 0 Å². The molecule has 1 aromatic carbocycles. The normalized spacial score (nSPS) is 31.3. The van der Waals surface area contributed by atoms with Crippen LogP contribution < -0.4 is 0 Å². The van der Waals surface area contributed by atoms with E-state index in [1.807, 2.05) is 6.08 Å². The molecule has 0 bridgehead atoms. The Bertz CT molecular complexity index is 299. The van der Waals surface area contributed by atoms with Crippen molar-refractivity contribution in [2.45, 2.75) is 25.2 Å². The minimum atomic E-state index is 0.440. The lowest BCUT2D eigenvalue weighted by Crippen LogP contribution is -2.03. The summed E-state index contributed by atoms with van der Waals surface area (Å²) in [6.07, 6.45) is 4.52. The molecular formula is C13H16. The second-order valence-corrected chi connectivity index (χ2v) is 4.21. The third kappa shape index (κ3) is 1.41. The highest BCUT2D eigenvalue weighted by Crippen LogP contribution is 2.55. The van der Waals surface area contributed by atoms with Crippen LogP contribution in [0.2, 0.25) is 0 Å². The van der Waals surface area contributed by atoms with Crippen LogP contribution in [0.5, 0.6) is 0 Å². The highest BCUT2D eigenvalue weighted by atomic mass is 14.5. The zero-order valence-corrected chi connectivity index (χ0v) is 8.16. The van der Waals surface area contributed by atoms with Gasteiger partial charge in [-0.1, -0.05) is 43.3 Å². The first-order valence-corrected chi connectivity index (χ1v) is 4.94. The molecule has 0 N–H and O–H groups in total. The third-order valence-corrected chi connectivity index (χ3v) is 3.30. The van der Waals surface area contributed by atoms with Crippen molar-refractivity contribution in [3.63, 3.8) is 0 Å². The SMILES string of the molecule is C=CC[C@@H]1C[C@@]1(C)c1ccccc1. The molecule has 0 radical (unpaired) electrons. The number of hydrogen-bond acceptors (Lipinski definition) is 0. The minimum absolute atomic E-state index is 0.440. The van der Waals surface area contributed by atoms with Crippen LogP contribution >= 0.6 is 0 Å². The molecule has 1 fully saturated rings. The quantitative estimate of drug-likeness (QED) is 0.612. The Hall–Kier alpha value is -1.04. The average Bonchev–Trinajstić information content (AvgIpc) is 2.81. The topological polar surface area (TPSA) is 0 Å². The standard InChI is InChI=1S/C13H16/c1-3-7-12-10-13(12,2)11-8-5-4-6-9-11/h3-6,8-9,12H,1,7,10H2,2H3/t12-,13+/m1/s1. The van der Waals surface area contributed by atoms with Crippen LogP contribution in [0.15, 0.2) is 43.0 Å². The Morgan fingerprint density at radius 1 is 1.46 bits per heavy atom. The van der Waals surface area contributed by atoms with Gasteiger partial charge in [-0.2, -0.15) is 0 Å². The van der Waals surface area contributed by atoms with Crippen LogP contribution in [-0.4, -0.2) is 0 Å². The van der Waals surface area contributed by atoms with Crippen molar-refractivity contribution < 1.29 is 0 Å². The van der Waals surface area contributed by atoms with E-state index in [1.165, 1.54) is 12.0 Å². The largest absolute Gasteiger partial charge is 0.103 e. The van der Waals surface area contributed by atoms with E-state index >= 15 is 0 Å².